The maximum atomic E-state index is 11.9. The van der Waals surface area contributed by atoms with Crippen LogP contribution < -0.4 is 11.1 Å². The van der Waals surface area contributed by atoms with E-state index >= 15 is 0 Å². The Hall–Kier alpha value is -0.580. The first kappa shape index (κ1) is 16.4. The van der Waals surface area contributed by atoms with Crippen molar-refractivity contribution in [1.82, 2.24) is 5.32 Å². The van der Waals surface area contributed by atoms with Crippen molar-refractivity contribution in [2.75, 3.05) is 6.54 Å². The topological polar surface area (TPSA) is 55.1 Å². The molecule has 5 heteroatoms. The van der Waals surface area contributed by atoms with Crippen molar-refractivity contribution in [3.05, 3.63) is 22.4 Å². The number of nitrogens with two attached hydrogens (primary N) is 1. The molecule has 17 heavy (non-hydrogen) atoms. The van der Waals surface area contributed by atoms with Crippen LogP contribution in [0.2, 0.25) is 0 Å². The van der Waals surface area contributed by atoms with Gasteiger partial charge in [-0.25, -0.2) is 0 Å². The molecule has 98 valence electrons. The van der Waals surface area contributed by atoms with E-state index in [1.807, 2.05) is 23.8 Å². The normalized spacial score (nSPS) is 13.9. The molecule has 0 aliphatic carbocycles. The number of hydrogen-bond donors (Lipinski definition) is 2. The largest absolute Gasteiger partial charge is 0.346 e. The van der Waals surface area contributed by atoms with Crippen molar-refractivity contribution in [2.24, 2.45) is 11.7 Å². The number of rotatable bonds is 5. The molecule has 0 fully saturated rings. The SMILES string of the molecule is CC(C)CC(C)(CN)NC(=O)c1ccsc1.Cl. The van der Waals surface area contributed by atoms with E-state index in [9.17, 15) is 4.79 Å². The van der Waals surface area contributed by atoms with Crippen LogP contribution in [0.4, 0.5) is 0 Å². The van der Waals surface area contributed by atoms with E-state index in [4.69, 9.17) is 5.73 Å². The van der Waals surface area contributed by atoms with Crippen LogP contribution >= 0.6 is 23.7 Å². The van der Waals surface area contributed by atoms with Gasteiger partial charge in [-0.2, -0.15) is 11.3 Å². The Morgan fingerprint density at radius 3 is 2.65 bits per heavy atom. The smallest absolute Gasteiger partial charge is 0.252 e. The van der Waals surface area contributed by atoms with Gasteiger partial charge in [0.25, 0.3) is 5.91 Å². The van der Waals surface area contributed by atoms with Crippen molar-refractivity contribution < 1.29 is 4.79 Å². The van der Waals surface area contributed by atoms with Gasteiger partial charge >= 0.3 is 0 Å². The molecule has 0 saturated heterocycles. The lowest BCUT2D eigenvalue weighted by molar-refractivity contribution is 0.0899. The molecular formula is C12H21ClN2OS. The zero-order chi connectivity index (χ0) is 12.2. The Labute approximate surface area is 113 Å². The fraction of sp³-hybridized carbons (Fsp3) is 0.583. The quantitative estimate of drug-likeness (QED) is 0.869. The Bertz CT molecular complexity index is 340. The summed E-state index contributed by atoms with van der Waals surface area (Å²) in [6, 6.07) is 1.83. The highest BCUT2D eigenvalue weighted by Crippen LogP contribution is 2.16. The minimum Gasteiger partial charge on any atom is -0.346 e. The average Bonchev–Trinajstić information content (AvgIpc) is 2.69. The molecule has 0 aliphatic rings. The number of nitrogens with one attached hydrogen (secondary N) is 1. The molecule has 1 unspecified atom stereocenters. The second-order valence-electron chi connectivity index (χ2n) is 4.83. The fourth-order valence-electron chi connectivity index (χ4n) is 1.83. The first-order chi connectivity index (χ1) is 7.47. The van der Waals surface area contributed by atoms with Gasteiger partial charge in [0.2, 0.25) is 0 Å². The first-order valence-corrected chi connectivity index (χ1v) is 6.46. The number of carbonyl (C=O) groups is 1. The molecule has 0 radical (unpaired) electrons. The molecule has 3 N–H and O–H groups in total. The number of thiophene rings is 1. The van der Waals surface area contributed by atoms with Crippen LogP contribution in [0, 0.1) is 5.92 Å². The number of carbonyl (C=O) groups excluding carboxylic acids is 1. The Kier molecular flexibility index (Phi) is 6.75. The van der Waals surface area contributed by atoms with Crippen molar-refractivity contribution in [3.8, 4) is 0 Å². The van der Waals surface area contributed by atoms with E-state index in [-0.39, 0.29) is 23.9 Å². The highest BCUT2D eigenvalue weighted by molar-refractivity contribution is 7.08. The Balaban J connectivity index is 0.00000256. The molecule has 1 atom stereocenters. The van der Waals surface area contributed by atoms with Crippen LogP contribution in [0.15, 0.2) is 16.8 Å². The monoisotopic (exact) mass is 276 g/mol. The van der Waals surface area contributed by atoms with Gasteiger partial charge in [-0.1, -0.05) is 13.8 Å². The highest BCUT2D eigenvalue weighted by atomic mass is 35.5. The van der Waals surface area contributed by atoms with Gasteiger partial charge in [0.15, 0.2) is 0 Å². The zero-order valence-electron chi connectivity index (χ0n) is 10.5. The van der Waals surface area contributed by atoms with E-state index in [2.05, 4.69) is 19.2 Å². The predicted octanol–water partition coefficient (Wildman–Crippen LogP) is 2.66. The minimum absolute atomic E-state index is 0. The summed E-state index contributed by atoms with van der Waals surface area (Å²) < 4.78 is 0. The van der Waals surface area contributed by atoms with Gasteiger partial charge in [-0.15, -0.1) is 12.4 Å². The molecule has 3 nitrogen and oxygen atoms in total. The van der Waals surface area contributed by atoms with Crippen LogP contribution in [0.5, 0.6) is 0 Å². The zero-order valence-corrected chi connectivity index (χ0v) is 12.2. The first-order valence-electron chi connectivity index (χ1n) is 5.51. The Morgan fingerprint density at radius 2 is 2.24 bits per heavy atom. The molecule has 0 spiro atoms. The molecule has 1 aromatic rings. The summed E-state index contributed by atoms with van der Waals surface area (Å²) in [5, 5.41) is 6.77. The summed E-state index contributed by atoms with van der Waals surface area (Å²) in [5.41, 5.74) is 6.15. The van der Waals surface area contributed by atoms with Gasteiger partial charge in [0, 0.05) is 17.5 Å². The van der Waals surface area contributed by atoms with Crippen molar-refractivity contribution >= 4 is 29.7 Å². The van der Waals surface area contributed by atoms with Gasteiger partial charge in [-0.05, 0) is 30.7 Å². The number of amides is 1. The van der Waals surface area contributed by atoms with Crippen LogP contribution in [-0.2, 0) is 0 Å². The number of hydrogen-bond acceptors (Lipinski definition) is 3. The molecule has 0 saturated carbocycles. The van der Waals surface area contributed by atoms with Crippen molar-refractivity contribution in [2.45, 2.75) is 32.7 Å². The average molecular weight is 277 g/mol. The number of halogens is 1. The lowest BCUT2D eigenvalue weighted by Crippen LogP contribution is -2.52. The molecular weight excluding hydrogens is 256 g/mol. The summed E-state index contributed by atoms with van der Waals surface area (Å²) in [7, 11) is 0. The second kappa shape index (κ2) is 6.99. The maximum Gasteiger partial charge on any atom is 0.252 e. The van der Waals surface area contributed by atoms with E-state index in [1.54, 1.807) is 0 Å². The second-order valence-corrected chi connectivity index (χ2v) is 5.61. The molecule has 1 amide bonds. The third-order valence-corrected chi connectivity index (χ3v) is 3.19. The molecule has 1 rings (SSSR count). The van der Waals surface area contributed by atoms with E-state index in [1.165, 1.54) is 11.3 Å². The van der Waals surface area contributed by atoms with E-state index < -0.39 is 0 Å². The highest BCUT2D eigenvalue weighted by Gasteiger charge is 2.26. The Morgan fingerprint density at radius 1 is 1.59 bits per heavy atom. The van der Waals surface area contributed by atoms with Gasteiger partial charge < -0.3 is 11.1 Å². The van der Waals surface area contributed by atoms with Crippen LogP contribution in [0.1, 0.15) is 37.6 Å². The lowest BCUT2D eigenvalue weighted by atomic mass is 9.90. The van der Waals surface area contributed by atoms with Gasteiger partial charge in [0.05, 0.1) is 5.56 Å². The predicted molar refractivity (Wildman–Crippen MR) is 75.9 cm³/mol. The summed E-state index contributed by atoms with van der Waals surface area (Å²) in [5.74, 6) is 0.478. The molecule has 1 aromatic heterocycles. The lowest BCUT2D eigenvalue weighted by Gasteiger charge is -2.31. The summed E-state index contributed by atoms with van der Waals surface area (Å²) in [6.07, 6.45) is 0.888. The van der Waals surface area contributed by atoms with E-state index in [0.717, 1.165) is 6.42 Å². The third kappa shape index (κ3) is 5.06. The maximum absolute atomic E-state index is 11.9. The van der Waals surface area contributed by atoms with Crippen molar-refractivity contribution in [1.29, 1.82) is 0 Å². The van der Waals surface area contributed by atoms with E-state index in [0.29, 0.717) is 18.0 Å². The minimum atomic E-state index is -0.312. The fourth-order valence-corrected chi connectivity index (χ4v) is 2.46. The molecule has 1 heterocycles. The summed E-state index contributed by atoms with van der Waals surface area (Å²) in [4.78, 5) is 11.9. The standard InChI is InChI=1S/C12H20N2OS.ClH/c1-9(2)6-12(3,8-13)14-11(15)10-4-5-16-7-10;/h4-5,7,9H,6,8,13H2,1-3H3,(H,14,15);1H. The van der Waals surface area contributed by atoms with Crippen LogP contribution in [-0.4, -0.2) is 18.0 Å². The third-order valence-electron chi connectivity index (χ3n) is 2.51. The van der Waals surface area contributed by atoms with Crippen molar-refractivity contribution in [3.63, 3.8) is 0 Å². The van der Waals surface area contributed by atoms with Crippen LogP contribution in [0.25, 0.3) is 0 Å². The van der Waals surface area contributed by atoms with Crippen LogP contribution in [0.3, 0.4) is 0 Å². The molecule has 0 bridgehead atoms. The van der Waals surface area contributed by atoms with Gasteiger partial charge in [0.1, 0.15) is 0 Å². The summed E-state index contributed by atoms with van der Waals surface area (Å²) in [6.45, 7) is 6.72. The summed E-state index contributed by atoms with van der Waals surface area (Å²) >= 11 is 1.52. The molecule has 0 aromatic carbocycles. The van der Waals surface area contributed by atoms with Gasteiger partial charge in [-0.3, -0.25) is 4.79 Å². The molecule has 0 aliphatic heterocycles.